The summed E-state index contributed by atoms with van der Waals surface area (Å²) in [6.45, 7) is 2.24. The van der Waals surface area contributed by atoms with Gasteiger partial charge in [0.25, 0.3) is 0 Å². The lowest BCUT2D eigenvalue weighted by atomic mass is 9.83. The third kappa shape index (κ3) is 2.22. The van der Waals surface area contributed by atoms with Crippen molar-refractivity contribution in [2.45, 2.75) is 44.6 Å². The maximum absolute atomic E-state index is 5.96. The van der Waals surface area contributed by atoms with Gasteiger partial charge in [-0.05, 0) is 58.3 Å². The van der Waals surface area contributed by atoms with Crippen LogP contribution in [-0.4, -0.2) is 20.2 Å². The predicted octanol–water partition coefficient (Wildman–Crippen LogP) is 3.36. The molecular weight excluding hydrogens is 318 g/mol. The van der Waals surface area contributed by atoms with Crippen molar-refractivity contribution in [1.29, 1.82) is 0 Å². The first-order valence-corrected chi connectivity index (χ1v) is 7.74. The van der Waals surface area contributed by atoms with Gasteiger partial charge in [-0.3, -0.25) is 0 Å². The van der Waals surface area contributed by atoms with Gasteiger partial charge < -0.3 is 5.73 Å². The molecule has 1 heterocycles. The molecular formula is C14H18BrN5. The van der Waals surface area contributed by atoms with Crippen molar-refractivity contribution >= 4 is 21.6 Å². The Bertz CT molecular complexity index is 616. The number of aromatic nitrogens is 4. The van der Waals surface area contributed by atoms with Crippen LogP contribution in [0.4, 0.5) is 5.69 Å². The Morgan fingerprint density at radius 1 is 1.25 bits per heavy atom. The van der Waals surface area contributed by atoms with E-state index in [9.17, 15) is 0 Å². The standard InChI is InChI=1S/C14H18BrN5/c1-14(8-3-2-4-9-14)20-13(17-18-19-20)10-6-5-7-11(16)12(10)15/h5-7H,2-4,8-9,16H2,1H3. The molecule has 0 saturated heterocycles. The molecule has 1 aromatic heterocycles. The highest BCUT2D eigenvalue weighted by atomic mass is 79.9. The molecule has 0 aliphatic heterocycles. The Balaban J connectivity index is 2.08. The minimum Gasteiger partial charge on any atom is -0.398 e. The fraction of sp³-hybridized carbons (Fsp3) is 0.500. The third-order valence-electron chi connectivity index (χ3n) is 4.18. The van der Waals surface area contributed by atoms with Crippen LogP contribution < -0.4 is 5.73 Å². The van der Waals surface area contributed by atoms with E-state index in [2.05, 4.69) is 38.4 Å². The summed E-state index contributed by atoms with van der Waals surface area (Å²) in [6, 6.07) is 5.79. The highest BCUT2D eigenvalue weighted by molar-refractivity contribution is 9.10. The largest absolute Gasteiger partial charge is 0.398 e. The Morgan fingerprint density at radius 3 is 2.75 bits per heavy atom. The van der Waals surface area contributed by atoms with E-state index in [0.29, 0.717) is 5.69 Å². The Hall–Kier alpha value is -1.43. The molecule has 1 aliphatic carbocycles. The quantitative estimate of drug-likeness (QED) is 0.854. The molecule has 6 heteroatoms. The highest BCUT2D eigenvalue weighted by Crippen LogP contribution is 2.38. The van der Waals surface area contributed by atoms with Crippen LogP contribution in [0.15, 0.2) is 22.7 Å². The second kappa shape index (κ2) is 5.16. The number of tetrazole rings is 1. The molecule has 2 N–H and O–H groups in total. The van der Waals surface area contributed by atoms with Gasteiger partial charge >= 0.3 is 0 Å². The smallest absolute Gasteiger partial charge is 0.183 e. The van der Waals surface area contributed by atoms with Gasteiger partial charge in [-0.2, -0.15) is 0 Å². The first kappa shape index (κ1) is 13.5. The molecule has 1 aromatic carbocycles. The van der Waals surface area contributed by atoms with Crippen LogP contribution in [-0.2, 0) is 5.54 Å². The molecule has 1 fully saturated rings. The van der Waals surface area contributed by atoms with Crippen LogP contribution in [0.25, 0.3) is 11.4 Å². The van der Waals surface area contributed by atoms with Crippen LogP contribution in [0.3, 0.4) is 0 Å². The fourth-order valence-electron chi connectivity index (χ4n) is 2.97. The molecule has 0 spiro atoms. The van der Waals surface area contributed by atoms with Gasteiger partial charge in [0, 0.05) is 11.3 Å². The van der Waals surface area contributed by atoms with Crippen LogP contribution in [0.1, 0.15) is 39.0 Å². The molecule has 3 rings (SSSR count). The summed E-state index contributed by atoms with van der Waals surface area (Å²) in [5.41, 5.74) is 7.61. The van der Waals surface area contributed by atoms with Crippen LogP contribution in [0, 0.1) is 0 Å². The Labute approximate surface area is 126 Å². The zero-order valence-electron chi connectivity index (χ0n) is 11.5. The first-order valence-electron chi connectivity index (χ1n) is 6.95. The summed E-state index contributed by atoms with van der Waals surface area (Å²) in [5, 5.41) is 12.4. The predicted molar refractivity (Wildman–Crippen MR) is 82.1 cm³/mol. The normalized spacial score (nSPS) is 18.1. The number of rotatable bonds is 2. The van der Waals surface area contributed by atoms with E-state index in [1.165, 1.54) is 19.3 Å². The molecule has 5 nitrogen and oxygen atoms in total. The highest BCUT2D eigenvalue weighted by Gasteiger charge is 2.33. The number of benzene rings is 1. The SMILES string of the molecule is CC1(n2nnnc2-c2cccc(N)c2Br)CCCCC1. The van der Waals surface area contributed by atoms with Crippen molar-refractivity contribution in [3.05, 3.63) is 22.7 Å². The lowest BCUT2D eigenvalue weighted by Crippen LogP contribution is -2.34. The fourth-order valence-corrected chi connectivity index (χ4v) is 3.41. The maximum Gasteiger partial charge on any atom is 0.183 e. The summed E-state index contributed by atoms with van der Waals surface area (Å²) >= 11 is 3.54. The topological polar surface area (TPSA) is 69.6 Å². The average molecular weight is 336 g/mol. The Morgan fingerprint density at radius 2 is 2.00 bits per heavy atom. The number of hydrogen-bond donors (Lipinski definition) is 1. The monoisotopic (exact) mass is 335 g/mol. The first-order chi connectivity index (χ1) is 9.62. The molecule has 0 atom stereocenters. The van der Waals surface area contributed by atoms with Crippen molar-refractivity contribution in [3.63, 3.8) is 0 Å². The summed E-state index contributed by atoms with van der Waals surface area (Å²) in [7, 11) is 0. The number of nitrogens with two attached hydrogens (primary N) is 1. The van der Waals surface area contributed by atoms with Crippen LogP contribution in [0.5, 0.6) is 0 Å². The molecule has 20 heavy (non-hydrogen) atoms. The van der Waals surface area contributed by atoms with Gasteiger partial charge in [-0.1, -0.05) is 25.3 Å². The number of nitrogens with zero attached hydrogens (tertiary/aromatic N) is 4. The van der Waals surface area contributed by atoms with Gasteiger partial charge in [-0.25, -0.2) is 4.68 Å². The van der Waals surface area contributed by atoms with E-state index >= 15 is 0 Å². The zero-order chi connectivity index (χ0) is 14.2. The Kier molecular flexibility index (Phi) is 3.50. The molecule has 1 aliphatic rings. The average Bonchev–Trinajstić information content (AvgIpc) is 2.93. The summed E-state index contributed by atoms with van der Waals surface area (Å²) in [4.78, 5) is 0. The minimum absolute atomic E-state index is 0.00112. The molecule has 106 valence electrons. The molecule has 0 radical (unpaired) electrons. The summed E-state index contributed by atoms with van der Waals surface area (Å²) in [6.07, 6.45) is 5.99. The van der Waals surface area contributed by atoms with E-state index in [-0.39, 0.29) is 5.54 Å². The van der Waals surface area contributed by atoms with E-state index in [1.807, 2.05) is 22.9 Å². The van der Waals surface area contributed by atoms with Crippen molar-refractivity contribution < 1.29 is 0 Å². The van der Waals surface area contributed by atoms with E-state index < -0.39 is 0 Å². The van der Waals surface area contributed by atoms with E-state index in [1.54, 1.807) is 0 Å². The maximum atomic E-state index is 5.96. The number of nitrogen functional groups attached to an aromatic ring is 1. The number of halogens is 1. The van der Waals surface area contributed by atoms with Gasteiger partial charge in [0.05, 0.1) is 10.0 Å². The second-order valence-electron chi connectivity index (χ2n) is 5.68. The molecule has 2 aromatic rings. The number of hydrogen-bond acceptors (Lipinski definition) is 4. The van der Waals surface area contributed by atoms with Crippen molar-refractivity contribution in [2.24, 2.45) is 0 Å². The molecule has 0 unspecified atom stereocenters. The van der Waals surface area contributed by atoms with Gasteiger partial charge in [0.1, 0.15) is 0 Å². The van der Waals surface area contributed by atoms with Gasteiger partial charge in [0.15, 0.2) is 5.82 Å². The lowest BCUT2D eigenvalue weighted by molar-refractivity contribution is 0.197. The zero-order valence-corrected chi connectivity index (χ0v) is 13.1. The molecule has 0 bridgehead atoms. The molecule has 0 amide bonds. The summed E-state index contributed by atoms with van der Waals surface area (Å²) in [5.74, 6) is 0.786. The van der Waals surface area contributed by atoms with Crippen molar-refractivity contribution in [3.8, 4) is 11.4 Å². The van der Waals surface area contributed by atoms with Gasteiger partial charge in [0.2, 0.25) is 0 Å². The lowest BCUT2D eigenvalue weighted by Gasteiger charge is -2.34. The molecule has 1 saturated carbocycles. The van der Waals surface area contributed by atoms with E-state index in [4.69, 9.17) is 5.73 Å². The van der Waals surface area contributed by atoms with Crippen LogP contribution in [0.2, 0.25) is 0 Å². The second-order valence-corrected chi connectivity index (χ2v) is 6.47. The third-order valence-corrected chi connectivity index (χ3v) is 5.07. The van der Waals surface area contributed by atoms with Gasteiger partial charge in [-0.15, -0.1) is 5.10 Å². The van der Waals surface area contributed by atoms with Crippen molar-refractivity contribution in [2.75, 3.05) is 5.73 Å². The van der Waals surface area contributed by atoms with Crippen molar-refractivity contribution in [1.82, 2.24) is 20.2 Å². The number of anilines is 1. The van der Waals surface area contributed by atoms with E-state index in [0.717, 1.165) is 28.7 Å². The summed E-state index contributed by atoms with van der Waals surface area (Å²) < 4.78 is 2.83. The minimum atomic E-state index is 0.00112. The van der Waals surface area contributed by atoms with Crippen LogP contribution >= 0.6 is 15.9 Å².